The minimum atomic E-state index is -4.45. The van der Waals surface area contributed by atoms with Crippen molar-refractivity contribution in [2.24, 2.45) is 5.92 Å². The minimum absolute atomic E-state index is 0.0844. The topological polar surface area (TPSA) is 141 Å². The second-order valence-corrected chi connectivity index (χ2v) is 7.33. The van der Waals surface area contributed by atoms with E-state index in [4.69, 9.17) is 19.6 Å². The van der Waals surface area contributed by atoms with Gasteiger partial charge in [0.1, 0.15) is 0 Å². The molecule has 0 aromatic heterocycles. The van der Waals surface area contributed by atoms with Crippen molar-refractivity contribution >= 4 is 21.2 Å². The van der Waals surface area contributed by atoms with Gasteiger partial charge in [0.15, 0.2) is 0 Å². The fourth-order valence-corrected chi connectivity index (χ4v) is 3.17. The third-order valence-corrected chi connectivity index (χ3v) is 3.77. The molecule has 0 radical (unpaired) electrons. The van der Waals surface area contributed by atoms with Gasteiger partial charge in [0, 0.05) is 11.5 Å². The Hall–Kier alpha value is -0.490. The van der Waals surface area contributed by atoms with Crippen LogP contribution >= 0.6 is 15.2 Å². The van der Waals surface area contributed by atoms with E-state index in [1.165, 1.54) is 6.92 Å². The van der Waals surface area contributed by atoms with E-state index in [1.54, 1.807) is 0 Å². The maximum Gasteiger partial charge on any atom is 0.333 e. The maximum atomic E-state index is 11.1. The molecule has 0 fully saturated rings. The second kappa shape index (κ2) is 6.61. The number of esters is 1. The van der Waals surface area contributed by atoms with Crippen molar-refractivity contribution in [3.05, 3.63) is 12.2 Å². The number of rotatable bonds is 7. The Morgan fingerprint density at radius 2 is 1.56 bits per heavy atom. The first-order valence-electron chi connectivity index (χ1n) is 4.82. The molecule has 0 spiro atoms. The van der Waals surface area contributed by atoms with E-state index in [9.17, 15) is 13.9 Å². The molecule has 0 heterocycles. The number of carbonyl (C=O) groups is 1. The van der Waals surface area contributed by atoms with Crippen LogP contribution in [-0.4, -0.2) is 44.5 Å². The highest BCUT2D eigenvalue weighted by Gasteiger charge is 2.29. The zero-order chi connectivity index (χ0) is 14.6. The van der Waals surface area contributed by atoms with Crippen LogP contribution in [0.25, 0.3) is 0 Å². The van der Waals surface area contributed by atoms with Crippen molar-refractivity contribution in [2.45, 2.75) is 6.92 Å². The summed E-state index contributed by atoms with van der Waals surface area (Å²) in [6.45, 7) is 4.19. The fraction of sp³-hybridized carbons (Fsp3) is 0.625. The van der Waals surface area contributed by atoms with E-state index >= 15 is 0 Å². The summed E-state index contributed by atoms with van der Waals surface area (Å²) in [6.07, 6.45) is -1.52. The van der Waals surface area contributed by atoms with Crippen LogP contribution in [-0.2, 0) is 18.7 Å². The van der Waals surface area contributed by atoms with Gasteiger partial charge in [-0.15, -0.1) is 0 Å². The highest BCUT2D eigenvalue weighted by Crippen LogP contribution is 2.43. The van der Waals surface area contributed by atoms with Gasteiger partial charge in [-0.1, -0.05) is 6.58 Å². The van der Waals surface area contributed by atoms with Crippen molar-refractivity contribution in [1.82, 2.24) is 0 Å². The lowest BCUT2D eigenvalue weighted by atomic mass is 10.2. The summed E-state index contributed by atoms with van der Waals surface area (Å²) in [4.78, 5) is 46.1. The van der Waals surface area contributed by atoms with Gasteiger partial charge in [-0.05, 0) is 6.92 Å². The number of ether oxygens (including phenoxy) is 1. The molecule has 4 N–H and O–H groups in total. The van der Waals surface area contributed by atoms with Crippen LogP contribution in [0.4, 0.5) is 0 Å². The molecule has 10 heteroatoms. The van der Waals surface area contributed by atoms with Crippen LogP contribution in [0.15, 0.2) is 12.2 Å². The summed E-state index contributed by atoms with van der Waals surface area (Å²) in [6, 6.07) is 0. The molecular formula is C8H16O8P2. The van der Waals surface area contributed by atoms with E-state index in [1.807, 2.05) is 0 Å². The molecule has 0 aromatic carbocycles. The van der Waals surface area contributed by atoms with Crippen molar-refractivity contribution < 1.29 is 38.2 Å². The third kappa shape index (κ3) is 9.53. The standard InChI is InChI=1S/C8H16O8P2/c1-6(2)8(9)16-3-7(4-17(10,11)12)5-18(13,14)15/h7H,1,3-5H2,2H3,(H2,10,11,12)(H2,13,14,15). The summed E-state index contributed by atoms with van der Waals surface area (Å²) in [5, 5.41) is 0. The van der Waals surface area contributed by atoms with E-state index in [0.29, 0.717) is 0 Å². The predicted octanol–water partition coefficient (Wildman–Crippen LogP) is 0.0773. The normalized spacial score (nSPS) is 12.6. The fourth-order valence-electron chi connectivity index (χ4n) is 1.15. The number of carbonyl (C=O) groups excluding carboxylic acids is 1. The van der Waals surface area contributed by atoms with Gasteiger partial charge in [0.25, 0.3) is 0 Å². The van der Waals surface area contributed by atoms with Crippen LogP contribution in [0.1, 0.15) is 6.92 Å². The molecule has 8 nitrogen and oxygen atoms in total. The molecule has 0 bridgehead atoms. The second-order valence-electron chi connectivity index (χ2n) is 3.94. The van der Waals surface area contributed by atoms with Gasteiger partial charge in [0.05, 0.1) is 18.9 Å². The van der Waals surface area contributed by atoms with Gasteiger partial charge in [-0.2, -0.15) is 0 Å². The van der Waals surface area contributed by atoms with Crippen molar-refractivity contribution in [2.75, 3.05) is 18.9 Å². The van der Waals surface area contributed by atoms with Crippen LogP contribution in [0, 0.1) is 5.92 Å². The average molecular weight is 302 g/mol. The largest absolute Gasteiger partial charge is 0.462 e. The summed E-state index contributed by atoms with van der Waals surface area (Å²) in [7, 11) is -8.90. The molecule has 0 aliphatic rings. The Labute approximate surface area is 104 Å². The molecule has 18 heavy (non-hydrogen) atoms. The van der Waals surface area contributed by atoms with Gasteiger partial charge in [-0.3, -0.25) is 9.13 Å². The maximum absolute atomic E-state index is 11.1. The zero-order valence-corrected chi connectivity index (χ0v) is 11.5. The Morgan fingerprint density at radius 1 is 1.17 bits per heavy atom. The lowest BCUT2D eigenvalue weighted by molar-refractivity contribution is -0.139. The Morgan fingerprint density at radius 3 is 1.83 bits per heavy atom. The zero-order valence-electron chi connectivity index (χ0n) is 9.72. The Bertz CT molecular complexity index is 381. The Balaban J connectivity index is 4.58. The van der Waals surface area contributed by atoms with Crippen molar-refractivity contribution in [1.29, 1.82) is 0 Å². The molecule has 0 atom stereocenters. The predicted molar refractivity (Wildman–Crippen MR) is 63.1 cm³/mol. The third-order valence-electron chi connectivity index (χ3n) is 1.79. The highest BCUT2D eigenvalue weighted by molar-refractivity contribution is 7.52. The molecule has 0 rings (SSSR count). The SMILES string of the molecule is C=C(C)C(=O)OCC(CP(=O)(O)O)CP(=O)(O)O. The van der Waals surface area contributed by atoms with Crippen LogP contribution in [0.2, 0.25) is 0 Å². The first kappa shape index (κ1) is 17.5. The highest BCUT2D eigenvalue weighted by atomic mass is 31.2. The summed E-state index contributed by atoms with van der Waals surface area (Å²) < 4.78 is 26.2. The molecule has 0 aliphatic heterocycles. The minimum Gasteiger partial charge on any atom is -0.462 e. The Kier molecular flexibility index (Phi) is 6.43. The van der Waals surface area contributed by atoms with Crippen molar-refractivity contribution in [3.8, 4) is 0 Å². The van der Waals surface area contributed by atoms with E-state index in [2.05, 4.69) is 11.3 Å². The smallest absolute Gasteiger partial charge is 0.333 e. The van der Waals surface area contributed by atoms with Gasteiger partial charge < -0.3 is 24.3 Å². The first-order valence-corrected chi connectivity index (χ1v) is 8.42. The molecular weight excluding hydrogens is 286 g/mol. The molecule has 0 saturated heterocycles. The first-order chi connectivity index (χ1) is 7.91. The average Bonchev–Trinajstić information content (AvgIpc) is 2.08. The molecule has 0 saturated carbocycles. The summed E-state index contributed by atoms with van der Waals surface area (Å²) >= 11 is 0. The van der Waals surface area contributed by atoms with E-state index in [0.717, 1.165) is 0 Å². The van der Waals surface area contributed by atoms with Gasteiger partial charge >= 0.3 is 21.2 Å². The molecule has 0 unspecified atom stereocenters. The summed E-state index contributed by atoms with van der Waals surface area (Å²) in [5.74, 6) is -1.90. The lowest BCUT2D eigenvalue weighted by Crippen LogP contribution is -2.21. The van der Waals surface area contributed by atoms with Crippen LogP contribution in [0.3, 0.4) is 0 Å². The quantitative estimate of drug-likeness (QED) is 0.294. The molecule has 0 aliphatic carbocycles. The molecule has 0 aromatic rings. The van der Waals surface area contributed by atoms with E-state index < -0.39 is 46.0 Å². The molecule has 106 valence electrons. The number of hydrogen-bond donors (Lipinski definition) is 4. The van der Waals surface area contributed by atoms with Gasteiger partial charge in [-0.25, -0.2) is 4.79 Å². The van der Waals surface area contributed by atoms with Gasteiger partial charge in [0.2, 0.25) is 0 Å². The number of hydrogen-bond acceptors (Lipinski definition) is 4. The monoisotopic (exact) mass is 302 g/mol. The van der Waals surface area contributed by atoms with Crippen molar-refractivity contribution in [3.63, 3.8) is 0 Å². The molecule has 0 amide bonds. The van der Waals surface area contributed by atoms with E-state index in [-0.39, 0.29) is 5.57 Å². The summed E-state index contributed by atoms with van der Waals surface area (Å²) in [5.41, 5.74) is 0.0844. The van der Waals surface area contributed by atoms with Crippen LogP contribution in [0.5, 0.6) is 0 Å². The lowest BCUT2D eigenvalue weighted by Gasteiger charge is -2.18. The van der Waals surface area contributed by atoms with Crippen LogP contribution < -0.4 is 0 Å².